The van der Waals surface area contributed by atoms with Crippen LogP contribution in [0.2, 0.25) is 0 Å². The molecule has 0 aromatic rings. The van der Waals surface area contributed by atoms with E-state index in [0.29, 0.717) is 26.1 Å². The van der Waals surface area contributed by atoms with E-state index in [1.807, 2.05) is 0 Å². The standard InChI is InChI=1S/C20H40N2O4.Na.H/c1-2-3-4-5-6-7-8-9-10-11-12-13-19(24)21-14-15-22(16-17-23)18-20(25)26;;/h23H,2-18H2,1H3,(H,21,24)(H,25,26);;/q;+1;-1. The summed E-state index contributed by atoms with van der Waals surface area (Å²) < 4.78 is 0. The van der Waals surface area contributed by atoms with Gasteiger partial charge in [-0.1, -0.05) is 71.1 Å². The summed E-state index contributed by atoms with van der Waals surface area (Å²) in [5.74, 6) is -0.897. The zero-order chi connectivity index (χ0) is 19.5. The van der Waals surface area contributed by atoms with Gasteiger partial charge in [-0.05, 0) is 6.42 Å². The Labute approximate surface area is 189 Å². The smallest absolute Gasteiger partial charge is 1.00 e. The van der Waals surface area contributed by atoms with Gasteiger partial charge >= 0.3 is 35.5 Å². The molecule has 6 nitrogen and oxygen atoms in total. The van der Waals surface area contributed by atoms with Crippen LogP contribution >= 0.6 is 0 Å². The number of nitrogens with one attached hydrogen (secondary N) is 1. The third-order valence-electron chi connectivity index (χ3n) is 4.53. The van der Waals surface area contributed by atoms with Crippen LogP contribution in [0.5, 0.6) is 0 Å². The molecule has 0 spiro atoms. The summed E-state index contributed by atoms with van der Waals surface area (Å²) in [5, 5.41) is 20.5. The van der Waals surface area contributed by atoms with Crippen LogP contribution in [0.25, 0.3) is 0 Å². The summed E-state index contributed by atoms with van der Waals surface area (Å²) in [5.41, 5.74) is 0. The van der Waals surface area contributed by atoms with E-state index < -0.39 is 5.97 Å². The molecule has 0 saturated heterocycles. The largest absolute Gasteiger partial charge is 1.00 e. The third kappa shape index (κ3) is 22.0. The minimum absolute atomic E-state index is 0. The van der Waals surface area contributed by atoms with E-state index in [1.54, 1.807) is 4.90 Å². The number of carbonyl (C=O) groups excluding carboxylic acids is 1. The predicted octanol–water partition coefficient (Wildman–Crippen LogP) is 0.299. The summed E-state index contributed by atoms with van der Waals surface area (Å²) in [6.45, 7) is 3.21. The molecule has 0 bridgehead atoms. The molecule has 0 radical (unpaired) electrons. The van der Waals surface area contributed by atoms with Crippen LogP contribution < -0.4 is 34.9 Å². The molecule has 27 heavy (non-hydrogen) atoms. The van der Waals surface area contributed by atoms with Gasteiger partial charge in [-0.3, -0.25) is 14.5 Å². The second kappa shape index (κ2) is 22.2. The van der Waals surface area contributed by atoms with Crippen LogP contribution in [0, 0.1) is 0 Å². The third-order valence-corrected chi connectivity index (χ3v) is 4.53. The minimum Gasteiger partial charge on any atom is -1.00 e. The summed E-state index contributed by atoms with van der Waals surface area (Å²) in [6, 6.07) is 0. The first kappa shape index (κ1) is 29.1. The maximum atomic E-state index is 11.8. The molecule has 0 fully saturated rings. The molecule has 0 heterocycles. The number of aliphatic carboxylic acids is 1. The van der Waals surface area contributed by atoms with Gasteiger partial charge in [0.1, 0.15) is 0 Å². The first-order chi connectivity index (χ1) is 12.6. The van der Waals surface area contributed by atoms with Crippen LogP contribution in [0.3, 0.4) is 0 Å². The molecule has 1 amide bonds. The number of carboxylic acids is 1. The molecule has 0 rings (SSSR count). The van der Waals surface area contributed by atoms with Crippen LogP contribution in [0.1, 0.15) is 85.4 Å². The topological polar surface area (TPSA) is 89.9 Å². The quantitative estimate of drug-likeness (QED) is 0.216. The Hall–Kier alpha value is -0.140. The number of carbonyl (C=O) groups is 2. The number of hydrogen-bond donors (Lipinski definition) is 3. The van der Waals surface area contributed by atoms with Crippen LogP contribution in [-0.2, 0) is 9.59 Å². The fraction of sp³-hybridized carbons (Fsp3) is 0.900. The van der Waals surface area contributed by atoms with Crippen LogP contribution in [0.15, 0.2) is 0 Å². The van der Waals surface area contributed by atoms with Crippen molar-refractivity contribution in [2.75, 3.05) is 32.8 Å². The molecule has 0 saturated carbocycles. The Morgan fingerprint density at radius 1 is 0.889 bits per heavy atom. The van der Waals surface area contributed by atoms with E-state index in [9.17, 15) is 9.59 Å². The van der Waals surface area contributed by atoms with Crippen molar-refractivity contribution >= 4 is 11.9 Å². The number of unbranched alkanes of at least 4 members (excludes halogenated alkanes) is 10. The Bertz CT molecular complexity index is 363. The maximum absolute atomic E-state index is 11.8. The summed E-state index contributed by atoms with van der Waals surface area (Å²) in [6.07, 6.45) is 14.4. The van der Waals surface area contributed by atoms with Gasteiger partial charge in [0.05, 0.1) is 13.2 Å². The van der Waals surface area contributed by atoms with Gasteiger partial charge in [0.2, 0.25) is 5.91 Å². The number of nitrogens with zero attached hydrogens (tertiary/aromatic N) is 1. The molecule has 0 unspecified atom stereocenters. The molecule has 0 aromatic heterocycles. The van der Waals surface area contributed by atoms with E-state index in [1.165, 1.54) is 57.8 Å². The van der Waals surface area contributed by atoms with E-state index in [4.69, 9.17) is 10.2 Å². The van der Waals surface area contributed by atoms with Gasteiger partial charge < -0.3 is 17.0 Å². The molecule has 7 heteroatoms. The van der Waals surface area contributed by atoms with Gasteiger partial charge in [-0.15, -0.1) is 0 Å². The van der Waals surface area contributed by atoms with Crippen molar-refractivity contribution in [2.24, 2.45) is 0 Å². The molecule has 0 aliphatic rings. The Balaban J connectivity index is -0.00000312. The number of hydrogen-bond acceptors (Lipinski definition) is 4. The van der Waals surface area contributed by atoms with Crippen molar-refractivity contribution in [3.63, 3.8) is 0 Å². The summed E-state index contributed by atoms with van der Waals surface area (Å²) >= 11 is 0. The Kier molecular flexibility index (Phi) is 23.8. The summed E-state index contributed by atoms with van der Waals surface area (Å²) in [7, 11) is 0. The zero-order valence-electron chi connectivity index (χ0n) is 18.7. The van der Waals surface area contributed by atoms with Crippen molar-refractivity contribution in [2.45, 2.75) is 84.0 Å². The van der Waals surface area contributed by atoms with E-state index in [2.05, 4.69) is 12.2 Å². The Morgan fingerprint density at radius 2 is 1.41 bits per heavy atom. The summed E-state index contributed by atoms with van der Waals surface area (Å²) in [4.78, 5) is 24.1. The van der Waals surface area contributed by atoms with E-state index in [-0.39, 0.29) is 50.0 Å². The normalized spacial score (nSPS) is 10.6. The van der Waals surface area contributed by atoms with Gasteiger partial charge in [0, 0.05) is 26.1 Å². The number of aliphatic hydroxyl groups is 1. The van der Waals surface area contributed by atoms with Crippen molar-refractivity contribution < 1.29 is 50.8 Å². The molecule has 0 aromatic carbocycles. The van der Waals surface area contributed by atoms with Gasteiger partial charge in [0.15, 0.2) is 0 Å². The monoisotopic (exact) mass is 396 g/mol. The fourth-order valence-electron chi connectivity index (χ4n) is 2.99. The minimum atomic E-state index is -0.925. The van der Waals surface area contributed by atoms with Crippen molar-refractivity contribution in [3.05, 3.63) is 0 Å². The van der Waals surface area contributed by atoms with Gasteiger partial charge in [-0.2, -0.15) is 0 Å². The fourth-order valence-corrected chi connectivity index (χ4v) is 2.99. The number of amides is 1. The van der Waals surface area contributed by atoms with Gasteiger partial charge in [-0.25, -0.2) is 0 Å². The molecule has 0 atom stereocenters. The molecule has 156 valence electrons. The number of carboxylic acid groups (broad SMARTS) is 1. The van der Waals surface area contributed by atoms with Crippen molar-refractivity contribution in [3.8, 4) is 0 Å². The second-order valence-corrected chi connectivity index (χ2v) is 7.03. The number of rotatable bonds is 19. The molecule has 0 aliphatic carbocycles. The van der Waals surface area contributed by atoms with Crippen molar-refractivity contribution in [1.29, 1.82) is 0 Å². The van der Waals surface area contributed by atoms with Crippen molar-refractivity contribution in [1.82, 2.24) is 10.2 Å². The van der Waals surface area contributed by atoms with E-state index in [0.717, 1.165) is 12.8 Å². The first-order valence-electron chi connectivity index (χ1n) is 10.4. The molecular formula is C20H41N2NaO4. The Morgan fingerprint density at radius 3 is 1.89 bits per heavy atom. The van der Waals surface area contributed by atoms with Crippen LogP contribution in [-0.4, -0.2) is 59.8 Å². The second-order valence-electron chi connectivity index (χ2n) is 7.03. The zero-order valence-corrected chi connectivity index (χ0v) is 19.7. The SMILES string of the molecule is CCCCCCCCCCCCCC(=O)NCCN(CCO)CC(=O)O.[H-].[Na+]. The molecule has 0 aliphatic heterocycles. The predicted molar refractivity (Wildman–Crippen MR) is 106 cm³/mol. The average Bonchev–Trinajstić information content (AvgIpc) is 2.59. The van der Waals surface area contributed by atoms with E-state index >= 15 is 0 Å². The van der Waals surface area contributed by atoms with Gasteiger partial charge in [0.25, 0.3) is 0 Å². The average molecular weight is 397 g/mol. The number of aliphatic hydroxyl groups excluding tert-OH is 1. The molecular weight excluding hydrogens is 355 g/mol. The van der Waals surface area contributed by atoms with Crippen LogP contribution in [0.4, 0.5) is 0 Å². The first-order valence-corrected chi connectivity index (χ1v) is 10.4. The maximum Gasteiger partial charge on any atom is 1.00 e. The molecule has 3 N–H and O–H groups in total.